The van der Waals surface area contributed by atoms with Crippen LogP contribution in [0, 0.1) is 0 Å². The monoisotopic (exact) mass is 231 g/mol. The molecule has 0 radical (unpaired) electrons. The number of nitrogens with two attached hydrogens (primary N) is 1. The third-order valence-corrected chi connectivity index (χ3v) is 3.06. The van der Waals surface area contributed by atoms with Crippen molar-refractivity contribution >= 4 is 18.0 Å². The maximum Gasteiger partial charge on any atom is 0.314 e. The predicted molar refractivity (Wildman–Crippen MR) is 63.2 cm³/mol. The van der Waals surface area contributed by atoms with Crippen LogP contribution in [0.25, 0.3) is 6.08 Å². The summed E-state index contributed by atoms with van der Waals surface area (Å²) in [5, 5.41) is 9.13. The van der Waals surface area contributed by atoms with Crippen molar-refractivity contribution in [1.82, 2.24) is 0 Å². The number of primary amides is 1. The summed E-state index contributed by atoms with van der Waals surface area (Å²) in [5.74, 6) is -1.27. The number of aliphatic carboxylic acids is 1. The van der Waals surface area contributed by atoms with Crippen LogP contribution >= 0.6 is 0 Å². The summed E-state index contributed by atoms with van der Waals surface area (Å²) in [6, 6.07) is 7.17. The first-order chi connectivity index (χ1) is 8.04. The maximum absolute atomic E-state index is 11.1. The molecule has 3 N–H and O–H groups in total. The second-order valence-electron chi connectivity index (χ2n) is 4.24. The Morgan fingerprint density at radius 3 is 2.24 bits per heavy atom. The zero-order valence-electron chi connectivity index (χ0n) is 9.22. The lowest BCUT2D eigenvalue weighted by molar-refractivity contribution is -0.140. The molecule has 4 heteroatoms. The van der Waals surface area contributed by atoms with Crippen LogP contribution in [0.15, 0.2) is 30.3 Å². The summed E-state index contributed by atoms with van der Waals surface area (Å²) in [6.07, 6.45) is 4.27. The molecule has 17 heavy (non-hydrogen) atoms. The molecular formula is C13H13NO3. The van der Waals surface area contributed by atoms with Crippen molar-refractivity contribution in [2.24, 2.45) is 5.73 Å². The molecule has 1 aliphatic carbocycles. The van der Waals surface area contributed by atoms with Crippen LogP contribution in [0.5, 0.6) is 0 Å². The van der Waals surface area contributed by atoms with Crippen LogP contribution in [0.2, 0.25) is 0 Å². The number of carbonyl (C=O) groups excluding carboxylic acids is 1. The Balaban J connectivity index is 2.19. The van der Waals surface area contributed by atoms with E-state index >= 15 is 0 Å². The Labute approximate surface area is 98.7 Å². The van der Waals surface area contributed by atoms with Crippen LogP contribution in [0.1, 0.15) is 24.0 Å². The first kappa shape index (κ1) is 11.4. The first-order valence-electron chi connectivity index (χ1n) is 5.36. The Morgan fingerprint density at radius 2 is 1.82 bits per heavy atom. The molecule has 0 aromatic heterocycles. The van der Waals surface area contributed by atoms with E-state index in [1.807, 2.05) is 0 Å². The number of hydrogen-bond acceptors (Lipinski definition) is 2. The average molecular weight is 231 g/mol. The van der Waals surface area contributed by atoms with E-state index in [-0.39, 0.29) is 0 Å². The van der Waals surface area contributed by atoms with Crippen molar-refractivity contribution in [2.45, 2.75) is 18.3 Å². The Morgan fingerprint density at radius 1 is 1.24 bits per heavy atom. The lowest BCUT2D eigenvalue weighted by atomic mass is 9.95. The molecule has 88 valence electrons. The second-order valence-corrected chi connectivity index (χ2v) is 4.24. The highest BCUT2D eigenvalue weighted by molar-refractivity contribution is 5.90. The van der Waals surface area contributed by atoms with Gasteiger partial charge in [0, 0.05) is 6.08 Å². The van der Waals surface area contributed by atoms with Crippen LogP contribution < -0.4 is 5.73 Å². The normalized spacial score (nSPS) is 16.9. The molecule has 0 aliphatic heterocycles. The molecule has 1 aliphatic rings. The van der Waals surface area contributed by atoms with Crippen molar-refractivity contribution in [1.29, 1.82) is 0 Å². The van der Waals surface area contributed by atoms with Crippen molar-refractivity contribution in [3.05, 3.63) is 41.5 Å². The van der Waals surface area contributed by atoms with E-state index in [9.17, 15) is 9.59 Å². The van der Waals surface area contributed by atoms with E-state index in [1.54, 1.807) is 30.3 Å². The molecule has 0 saturated heterocycles. The molecule has 0 heterocycles. The van der Waals surface area contributed by atoms with Gasteiger partial charge in [-0.25, -0.2) is 0 Å². The molecule has 2 rings (SSSR count). The van der Waals surface area contributed by atoms with Crippen LogP contribution in [-0.4, -0.2) is 17.0 Å². The van der Waals surface area contributed by atoms with Gasteiger partial charge in [0.1, 0.15) is 0 Å². The van der Waals surface area contributed by atoms with E-state index in [0.29, 0.717) is 12.8 Å². The van der Waals surface area contributed by atoms with Gasteiger partial charge in [0.15, 0.2) is 0 Å². The molecule has 0 spiro atoms. The highest BCUT2D eigenvalue weighted by atomic mass is 16.4. The molecule has 0 atom stereocenters. The van der Waals surface area contributed by atoms with E-state index in [0.717, 1.165) is 11.1 Å². The summed E-state index contributed by atoms with van der Waals surface area (Å²) >= 11 is 0. The lowest BCUT2D eigenvalue weighted by Gasteiger charge is -2.09. The molecule has 1 fully saturated rings. The number of rotatable bonds is 4. The average Bonchev–Trinajstić information content (AvgIpc) is 3.08. The van der Waals surface area contributed by atoms with Crippen molar-refractivity contribution in [2.75, 3.05) is 0 Å². The minimum Gasteiger partial charge on any atom is -0.481 e. The summed E-state index contributed by atoms with van der Waals surface area (Å²) in [4.78, 5) is 21.7. The van der Waals surface area contributed by atoms with E-state index in [1.165, 1.54) is 6.08 Å². The minimum absolute atomic E-state index is 0.502. The standard InChI is InChI=1S/C13H13NO3/c14-11(15)6-3-9-1-4-10(5-2-9)13(7-8-13)12(16)17/h1-6H,7-8H2,(H2,14,15)(H,16,17). The Hall–Kier alpha value is -2.10. The molecule has 0 unspecified atom stereocenters. The van der Waals surface area contributed by atoms with Crippen molar-refractivity contribution < 1.29 is 14.7 Å². The fourth-order valence-corrected chi connectivity index (χ4v) is 1.84. The van der Waals surface area contributed by atoms with E-state index in [4.69, 9.17) is 10.8 Å². The zero-order chi connectivity index (χ0) is 12.5. The van der Waals surface area contributed by atoms with Gasteiger partial charge in [-0.1, -0.05) is 24.3 Å². The smallest absolute Gasteiger partial charge is 0.314 e. The van der Waals surface area contributed by atoms with E-state index < -0.39 is 17.3 Å². The summed E-state index contributed by atoms with van der Waals surface area (Å²) in [7, 11) is 0. The summed E-state index contributed by atoms with van der Waals surface area (Å²) in [6.45, 7) is 0. The molecule has 1 aromatic carbocycles. The van der Waals surface area contributed by atoms with Crippen LogP contribution in [0.3, 0.4) is 0 Å². The largest absolute Gasteiger partial charge is 0.481 e. The molecule has 4 nitrogen and oxygen atoms in total. The summed E-state index contributed by atoms with van der Waals surface area (Å²) < 4.78 is 0. The van der Waals surface area contributed by atoms with Gasteiger partial charge in [0.05, 0.1) is 5.41 Å². The topological polar surface area (TPSA) is 80.4 Å². The Bertz CT molecular complexity index is 484. The maximum atomic E-state index is 11.1. The number of benzene rings is 1. The van der Waals surface area contributed by atoms with Gasteiger partial charge in [0.25, 0.3) is 0 Å². The molecule has 0 bridgehead atoms. The number of hydrogen-bond donors (Lipinski definition) is 2. The van der Waals surface area contributed by atoms with Gasteiger partial charge in [-0.05, 0) is 30.0 Å². The zero-order valence-corrected chi connectivity index (χ0v) is 9.22. The SMILES string of the molecule is NC(=O)C=Cc1ccc(C2(C(=O)O)CC2)cc1. The molecule has 1 amide bonds. The number of carboxylic acids is 1. The predicted octanol–water partition coefficient (Wildman–Crippen LogP) is 1.30. The first-order valence-corrected chi connectivity index (χ1v) is 5.36. The van der Waals surface area contributed by atoms with Gasteiger partial charge in [-0.15, -0.1) is 0 Å². The third kappa shape index (κ3) is 2.20. The second kappa shape index (κ2) is 4.05. The van der Waals surface area contributed by atoms with Gasteiger partial charge in [0.2, 0.25) is 5.91 Å². The fraction of sp³-hybridized carbons (Fsp3) is 0.231. The fourth-order valence-electron chi connectivity index (χ4n) is 1.84. The van der Waals surface area contributed by atoms with Crippen LogP contribution in [0.4, 0.5) is 0 Å². The number of carbonyl (C=O) groups is 2. The molecule has 1 saturated carbocycles. The third-order valence-electron chi connectivity index (χ3n) is 3.06. The molecular weight excluding hydrogens is 218 g/mol. The lowest BCUT2D eigenvalue weighted by Crippen LogP contribution is -2.19. The highest BCUT2D eigenvalue weighted by Gasteiger charge is 2.51. The van der Waals surface area contributed by atoms with Crippen molar-refractivity contribution in [3.8, 4) is 0 Å². The van der Waals surface area contributed by atoms with Gasteiger partial charge >= 0.3 is 5.97 Å². The number of carboxylic acid groups (broad SMARTS) is 1. The highest BCUT2D eigenvalue weighted by Crippen LogP contribution is 2.48. The quantitative estimate of drug-likeness (QED) is 0.766. The Kier molecular flexibility index (Phi) is 2.71. The summed E-state index contributed by atoms with van der Waals surface area (Å²) in [5.41, 5.74) is 5.96. The van der Waals surface area contributed by atoms with Gasteiger partial charge in [-0.3, -0.25) is 9.59 Å². The van der Waals surface area contributed by atoms with Crippen molar-refractivity contribution in [3.63, 3.8) is 0 Å². The number of amides is 1. The van der Waals surface area contributed by atoms with Crippen LogP contribution in [-0.2, 0) is 15.0 Å². The van der Waals surface area contributed by atoms with Gasteiger partial charge < -0.3 is 10.8 Å². The minimum atomic E-state index is -0.766. The van der Waals surface area contributed by atoms with E-state index in [2.05, 4.69) is 0 Å². The van der Waals surface area contributed by atoms with Gasteiger partial charge in [-0.2, -0.15) is 0 Å². The molecule has 1 aromatic rings.